The molecule has 0 aliphatic heterocycles. The maximum Gasteiger partial charge on any atom is 0.100 e. The third kappa shape index (κ3) is 3.98. The van der Waals surface area contributed by atoms with Crippen molar-refractivity contribution in [2.75, 3.05) is 0 Å². The van der Waals surface area contributed by atoms with Crippen LogP contribution in [0.15, 0.2) is 115 Å². The summed E-state index contributed by atoms with van der Waals surface area (Å²) in [6.07, 6.45) is 0. The Bertz CT molecular complexity index is 2430. The van der Waals surface area contributed by atoms with Crippen LogP contribution in [-0.2, 0) is 0 Å². The molecule has 3 nitrogen and oxygen atoms in total. The predicted molar refractivity (Wildman–Crippen MR) is 183 cm³/mol. The maximum atomic E-state index is 10.8. The molecule has 0 amide bonds. The number of fused-ring (bicyclic) bond motifs is 6. The Kier molecular flexibility index (Phi) is 6.00. The minimum atomic E-state index is 0.421. The summed E-state index contributed by atoms with van der Waals surface area (Å²) in [5.74, 6) is 0. The molecular formula is C39H19N3S2. The van der Waals surface area contributed by atoms with Crippen LogP contribution in [0.2, 0.25) is 0 Å². The minimum absolute atomic E-state index is 0.421. The van der Waals surface area contributed by atoms with Crippen molar-refractivity contribution >= 4 is 63.0 Å². The molecule has 5 heteroatoms. The topological polar surface area (TPSA) is 71.4 Å². The van der Waals surface area contributed by atoms with Crippen LogP contribution < -0.4 is 0 Å². The molecule has 0 radical (unpaired) electrons. The van der Waals surface area contributed by atoms with E-state index in [2.05, 4.69) is 103 Å². The SMILES string of the molecule is N#Cc1cc(C#N)cc(-c2cc(-c3cccc4c3sc3ccccc34)c(C#N)c(-c3cccc4c3sc3ccccc34)c2)c1. The van der Waals surface area contributed by atoms with E-state index in [0.29, 0.717) is 16.7 Å². The van der Waals surface area contributed by atoms with Gasteiger partial charge in [-0.1, -0.05) is 72.8 Å². The van der Waals surface area contributed by atoms with E-state index in [0.717, 1.165) is 53.6 Å². The van der Waals surface area contributed by atoms with Gasteiger partial charge in [-0.15, -0.1) is 22.7 Å². The van der Waals surface area contributed by atoms with Crippen molar-refractivity contribution in [2.24, 2.45) is 0 Å². The van der Waals surface area contributed by atoms with Gasteiger partial charge in [-0.05, 0) is 53.6 Å². The highest BCUT2D eigenvalue weighted by Gasteiger charge is 2.21. The third-order valence-electron chi connectivity index (χ3n) is 8.16. The molecule has 2 heterocycles. The minimum Gasteiger partial charge on any atom is -0.192 e. The van der Waals surface area contributed by atoms with Crippen molar-refractivity contribution in [3.8, 4) is 51.6 Å². The molecule has 0 saturated carbocycles. The van der Waals surface area contributed by atoms with E-state index < -0.39 is 0 Å². The van der Waals surface area contributed by atoms with Crippen LogP contribution in [0.1, 0.15) is 16.7 Å². The van der Waals surface area contributed by atoms with E-state index in [1.807, 2.05) is 24.3 Å². The van der Waals surface area contributed by atoms with Gasteiger partial charge in [0.25, 0.3) is 0 Å². The molecule has 8 rings (SSSR count). The van der Waals surface area contributed by atoms with Gasteiger partial charge in [0.2, 0.25) is 0 Å². The number of hydrogen-bond donors (Lipinski definition) is 0. The second kappa shape index (κ2) is 10.2. The van der Waals surface area contributed by atoms with E-state index in [1.165, 1.54) is 20.2 Å². The third-order valence-corrected chi connectivity index (χ3v) is 10.6. The van der Waals surface area contributed by atoms with Gasteiger partial charge in [0.05, 0.1) is 28.8 Å². The molecule has 0 spiro atoms. The van der Waals surface area contributed by atoms with Crippen LogP contribution in [0.3, 0.4) is 0 Å². The molecule has 0 unspecified atom stereocenters. The molecule has 0 aliphatic rings. The Morgan fingerprint density at radius 2 is 0.864 bits per heavy atom. The van der Waals surface area contributed by atoms with Crippen molar-refractivity contribution in [3.05, 3.63) is 132 Å². The molecule has 0 aliphatic carbocycles. The molecule has 8 aromatic rings. The quantitative estimate of drug-likeness (QED) is 0.205. The van der Waals surface area contributed by atoms with Crippen LogP contribution in [-0.4, -0.2) is 0 Å². The molecular weight excluding hydrogens is 575 g/mol. The fourth-order valence-corrected chi connectivity index (χ4v) is 8.66. The summed E-state index contributed by atoms with van der Waals surface area (Å²) < 4.78 is 4.63. The lowest BCUT2D eigenvalue weighted by atomic mass is 9.87. The van der Waals surface area contributed by atoms with Gasteiger partial charge in [0.15, 0.2) is 0 Å². The van der Waals surface area contributed by atoms with E-state index >= 15 is 0 Å². The summed E-state index contributed by atoms with van der Waals surface area (Å²) >= 11 is 3.46. The Balaban J connectivity index is 1.50. The van der Waals surface area contributed by atoms with Crippen molar-refractivity contribution < 1.29 is 0 Å². The highest BCUT2D eigenvalue weighted by atomic mass is 32.1. The standard InChI is InChI=1S/C39H19N3S2/c40-20-23-15-24(21-41)17-25(16-23)26-18-33(31-11-5-9-29-27-7-1-3-13-36(27)43-38(29)31)35(22-42)34(19-26)32-12-6-10-30-28-8-2-4-14-37(28)44-39(30)32/h1-19H. The molecule has 0 saturated heterocycles. The van der Waals surface area contributed by atoms with Crippen molar-refractivity contribution in [1.29, 1.82) is 15.8 Å². The van der Waals surface area contributed by atoms with Crippen LogP contribution >= 0.6 is 22.7 Å². The second-order valence-corrected chi connectivity index (χ2v) is 12.7. The van der Waals surface area contributed by atoms with Gasteiger partial charge in [0.1, 0.15) is 6.07 Å². The highest BCUT2D eigenvalue weighted by Crippen LogP contribution is 2.46. The summed E-state index contributed by atoms with van der Waals surface area (Å²) in [6, 6.07) is 45.7. The van der Waals surface area contributed by atoms with E-state index in [-0.39, 0.29) is 0 Å². The lowest BCUT2D eigenvalue weighted by Gasteiger charge is -2.16. The Hall–Kier alpha value is -5.77. The Morgan fingerprint density at radius 1 is 0.409 bits per heavy atom. The first-order chi connectivity index (χ1) is 21.7. The number of nitriles is 3. The van der Waals surface area contributed by atoms with Gasteiger partial charge in [-0.2, -0.15) is 15.8 Å². The summed E-state index contributed by atoms with van der Waals surface area (Å²) in [6.45, 7) is 0. The fourth-order valence-electron chi connectivity index (χ4n) is 6.20. The van der Waals surface area contributed by atoms with E-state index in [9.17, 15) is 15.8 Å². The first kappa shape index (κ1) is 25.9. The van der Waals surface area contributed by atoms with Crippen LogP contribution in [0.4, 0.5) is 0 Å². The summed E-state index contributed by atoms with van der Waals surface area (Å²) in [5.41, 5.74) is 6.69. The normalized spacial score (nSPS) is 11.1. The van der Waals surface area contributed by atoms with Crippen molar-refractivity contribution in [1.82, 2.24) is 0 Å². The van der Waals surface area contributed by atoms with Crippen LogP contribution in [0.25, 0.3) is 73.7 Å². The average Bonchev–Trinajstić information content (AvgIpc) is 3.66. The van der Waals surface area contributed by atoms with Gasteiger partial charge in [-0.3, -0.25) is 0 Å². The number of rotatable bonds is 3. The molecule has 0 bridgehead atoms. The molecule has 0 N–H and O–H groups in total. The summed E-state index contributed by atoms with van der Waals surface area (Å²) in [7, 11) is 0. The van der Waals surface area contributed by atoms with Crippen LogP contribution in [0.5, 0.6) is 0 Å². The maximum absolute atomic E-state index is 10.8. The van der Waals surface area contributed by atoms with Gasteiger partial charge in [-0.25, -0.2) is 0 Å². The number of benzene rings is 6. The molecule has 2 aromatic heterocycles. The molecule has 44 heavy (non-hydrogen) atoms. The zero-order chi connectivity index (χ0) is 29.8. The zero-order valence-corrected chi connectivity index (χ0v) is 24.8. The highest BCUT2D eigenvalue weighted by molar-refractivity contribution is 7.26. The van der Waals surface area contributed by atoms with Crippen LogP contribution in [0, 0.1) is 34.0 Å². The molecule has 202 valence electrons. The fraction of sp³-hybridized carbons (Fsp3) is 0. The first-order valence-electron chi connectivity index (χ1n) is 14.0. The number of nitrogens with zero attached hydrogens (tertiary/aromatic N) is 3. The largest absolute Gasteiger partial charge is 0.192 e. The lowest BCUT2D eigenvalue weighted by molar-refractivity contribution is 1.44. The molecule has 6 aromatic carbocycles. The summed E-state index contributed by atoms with van der Waals surface area (Å²) in [4.78, 5) is 0. The smallest absolute Gasteiger partial charge is 0.100 e. The Morgan fingerprint density at radius 3 is 1.34 bits per heavy atom. The molecule has 0 fully saturated rings. The first-order valence-corrected chi connectivity index (χ1v) is 15.6. The van der Waals surface area contributed by atoms with Gasteiger partial charge >= 0.3 is 0 Å². The van der Waals surface area contributed by atoms with Gasteiger partial charge in [0, 0.05) is 62.6 Å². The van der Waals surface area contributed by atoms with Crippen molar-refractivity contribution in [3.63, 3.8) is 0 Å². The number of thiophene rings is 2. The summed E-state index contributed by atoms with van der Waals surface area (Å²) in [5, 5.41) is 35.0. The lowest BCUT2D eigenvalue weighted by Crippen LogP contribution is -1.94. The average molecular weight is 594 g/mol. The Labute approximate surface area is 261 Å². The predicted octanol–water partition coefficient (Wildman–Crippen LogP) is 11.0. The monoisotopic (exact) mass is 593 g/mol. The number of hydrogen-bond acceptors (Lipinski definition) is 5. The van der Waals surface area contributed by atoms with E-state index in [4.69, 9.17) is 0 Å². The van der Waals surface area contributed by atoms with Gasteiger partial charge < -0.3 is 0 Å². The van der Waals surface area contributed by atoms with E-state index in [1.54, 1.807) is 28.7 Å². The molecule has 0 atom stereocenters. The second-order valence-electron chi connectivity index (χ2n) is 10.6. The zero-order valence-electron chi connectivity index (χ0n) is 23.1. The van der Waals surface area contributed by atoms with Crippen molar-refractivity contribution in [2.45, 2.75) is 0 Å².